The van der Waals surface area contributed by atoms with E-state index in [0.717, 1.165) is 5.56 Å². The lowest BCUT2D eigenvalue weighted by Crippen LogP contribution is -2.07. The zero-order valence-corrected chi connectivity index (χ0v) is 13.6. The molecule has 1 aliphatic heterocycles. The summed E-state index contributed by atoms with van der Waals surface area (Å²) in [5, 5.41) is 14.7. The van der Waals surface area contributed by atoms with E-state index in [4.69, 9.17) is 9.57 Å². The zero-order chi connectivity index (χ0) is 18.5. The molecule has 1 aliphatic rings. The van der Waals surface area contributed by atoms with Gasteiger partial charge in [0, 0.05) is 17.7 Å². The van der Waals surface area contributed by atoms with Gasteiger partial charge in [-0.25, -0.2) is 4.79 Å². The van der Waals surface area contributed by atoms with Gasteiger partial charge < -0.3 is 9.57 Å². The summed E-state index contributed by atoms with van der Waals surface area (Å²) in [6, 6.07) is 13.0. The number of rotatable bonds is 6. The summed E-state index contributed by atoms with van der Waals surface area (Å²) >= 11 is 0. The van der Waals surface area contributed by atoms with Crippen molar-refractivity contribution < 1.29 is 19.3 Å². The Hall–Kier alpha value is -3.74. The minimum atomic E-state index is -0.613. The first-order valence-electron chi connectivity index (χ1n) is 7.68. The maximum atomic E-state index is 12.0. The van der Waals surface area contributed by atoms with Crippen molar-refractivity contribution in [2.45, 2.75) is 0 Å². The van der Waals surface area contributed by atoms with Crippen LogP contribution < -0.4 is 4.74 Å². The maximum Gasteiger partial charge on any atom is 0.368 e. The molecule has 0 atom stereocenters. The van der Waals surface area contributed by atoms with Gasteiger partial charge in [0.25, 0.3) is 5.69 Å². The molecule has 2 aromatic rings. The Morgan fingerprint density at radius 2 is 2.00 bits per heavy atom. The Labute approximate surface area is 149 Å². The summed E-state index contributed by atoms with van der Waals surface area (Å²) in [7, 11) is 0. The van der Waals surface area contributed by atoms with E-state index in [0.29, 0.717) is 17.9 Å². The zero-order valence-electron chi connectivity index (χ0n) is 13.6. The van der Waals surface area contributed by atoms with Crippen molar-refractivity contribution in [3.8, 4) is 5.75 Å². The van der Waals surface area contributed by atoms with Gasteiger partial charge in [-0.2, -0.15) is 0 Å². The molecule has 7 heteroatoms. The topological polar surface area (TPSA) is 91.0 Å². The molecular formula is C19H14N2O5. The van der Waals surface area contributed by atoms with Crippen molar-refractivity contribution >= 4 is 23.4 Å². The van der Waals surface area contributed by atoms with Crippen LogP contribution in [0.15, 0.2) is 71.9 Å². The summed E-state index contributed by atoms with van der Waals surface area (Å²) in [4.78, 5) is 27.2. The molecule has 0 saturated carbocycles. The highest BCUT2D eigenvalue weighted by Gasteiger charge is 2.27. The van der Waals surface area contributed by atoms with Crippen molar-refractivity contribution in [3.05, 3.63) is 88.0 Å². The van der Waals surface area contributed by atoms with Crippen LogP contribution in [0.25, 0.3) is 6.08 Å². The third-order valence-corrected chi connectivity index (χ3v) is 3.58. The molecule has 130 valence electrons. The van der Waals surface area contributed by atoms with E-state index < -0.39 is 10.9 Å². The molecule has 3 rings (SSSR count). The smallest absolute Gasteiger partial charge is 0.368 e. The van der Waals surface area contributed by atoms with Crippen LogP contribution in [0.5, 0.6) is 5.75 Å². The van der Waals surface area contributed by atoms with E-state index in [1.54, 1.807) is 42.5 Å². The van der Waals surface area contributed by atoms with Gasteiger partial charge in [-0.1, -0.05) is 42.1 Å². The fraction of sp³-hybridized carbons (Fsp3) is 0.0526. The van der Waals surface area contributed by atoms with E-state index in [2.05, 4.69) is 11.7 Å². The Balaban J connectivity index is 1.90. The molecule has 0 saturated heterocycles. The van der Waals surface area contributed by atoms with Crippen molar-refractivity contribution in [2.75, 3.05) is 6.61 Å². The highest BCUT2D eigenvalue weighted by atomic mass is 16.7. The second-order valence-electron chi connectivity index (χ2n) is 5.35. The first-order chi connectivity index (χ1) is 12.6. The molecule has 2 aromatic carbocycles. The number of nitro benzene ring substituents is 1. The molecule has 0 unspecified atom stereocenters. The maximum absolute atomic E-state index is 12.0. The number of carbonyl (C=O) groups is 1. The molecule has 0 fully saturated rings. The fourth-order valence-corrected chi connectivity index (χ4v) is 2.37. The van der Waals surface area contributed by atoms with E-state index in [-0.39, 0.29) is 17.0 Å². The molecule has 0 bridgehead atoms. The molecule has 0 N–H and O–H groups in total. The second kappa shape index (κ2) is 7.43. The van der Waals surface area contributed by atoms with Gasteiger partial charge in [0.05, 0.1) is 10.5 Å². The quantitative estimate of drug-likeness (QED) is 0.261. The van der Waals surface area contributed by atoms with E-state index in [1.807, 2.05) is 0 Å². The summed E-state index contributed by atoms with van der Waals surface area (Å²) < 4.78 is 5.41. The van der Waals surface area contributed by atoms with Gasteiger partial charge in [0.15, 0.2) is 0 Å². The van der Waals surface area contributed by atoms with Gasteiger partial charge in [-0.05, 0) is 23.8 Å². The minimum Gasteiger partial charge on any atom is -0.490 e. The number of hydrogen-bond acceptors (Lipinski definition) is 6. The Kier molecular flexibility index (Phi) is 4.89. The van der Waals surface area contributed by atoms with Crippen LogP contribution in [0.2, 0.25) is 0 Å². The SMILES string of the molecule is C=CCOc1ccc(/C=C2/C(=O)ON=C2c2cccc([N+](=O)[O-])c2)cc1. The molecule has 0 amide bonds. The molecule has 0 aliphatic carbocycles. The lowest BCUT2D eigenvalue weighted by molar-refractivity contribution is -0.384. The lowest BCUT2D eigenvalue weighted by atomic mass is 10.0. The standard InChI is InChI=1S/C19H14N2O5/c1-2-10-25-16-8-6-13(7-9-16)11-17-18(20-26-19(17)22)14-4-3-5-15(12-14)21(23)24/h2-9,11-12H,1,10H2/b17-11+. The number of ether oxygens (including phenoxy) is 1. The summed E-state index contributed by atoms with van der Waals surface area (Å²) in [5.41, 5.74) is 1.56. The third-order valence-electron chi connectivity index (χ3n) is 3.58. The van der Waals surface area contributed by atoms with Crippen molar-refractivity contribution in [1.82, 2.24) is 0 Å². The Bertz CT molecular complexity index is 929. The van der Waals surface area contributed by atoms with E-state index >= 15 is 0 Å². The molecule has 0 radical (unpaired) electrons. The van der Waals surface area contributed by atoms with Gasteiger partial charge in [0.2, 0.25) is 0 Å². The van der Waals surface area contributed by atoms with Crippen molar-refractivity contribution in [3.63, 3.8) is 0 Å². The third kappa shape index (κ3) is 3.67. The van der Waals surface area contributed by atoms with Gasteiger partial charge in [0.1, 0.15) is 18.1 Å². The van der Waals surface area contributed by atoms with Gasteiger partial charge in [-0.3, -0.25) is 10.1 Å². The molecule has 1 heterocycles. The van der Waals surface area contributed by atoms with E-state index in [1.165, 1.54) is 18.2 Å². The first-order valence-corrected chi connectivity index (χ1v) is 7.68. The molecule has 0 spiro atoms. The number of carbonyl (C=O) groups excluding carboxylic acids is 1. The van der Waals surface area contributed by atoms with E-state index in [9.17, 15) is 14.9 Å². The number of hydrogen-bond donors (Lipinski definition) is 0. The summed E-state index contributed by atoms with van der Waals surface area (Å²) in [6.07, 6.45) is 3.26. The van der Waals surface area contributed by atoms with Crippen LogP contribution in [0.1, 0.15) is 11.1 Å². The number of nitro groups is 1. The number of benzene rings is 2. The number of nitrogens with zero attached hydrogens (tertiary/aromatic N) is 2. The average Bonchev–Trinajstić information content (AvgIpc) is 3.02. The molecular weight excluding hydrogens is 336 g/mol. The van der Waals surface area contributed by atoms with Crippen LogP contribution in [0.3, 0.4) is 0 Å². The highest BCUT2D eigenvalue weighted by Crippen LogP contribution is 2.24. The summed E-state index contributed by atoms with van der Waals surface area (Å²) in [6.45, 7) is 3.98. The summed E-state index contributed by atoms with van der Waals surface area (Å²) in [5.74, 6) is 0.0621. The number of oxime groups is 1. The molecule has 0 aromatic heterocycles. The van der Waals surface area contributed by atoms with Crippen LogP contribution in [0.4, 0.5) is 5.69 Å². The fourth-order valence-electron chi connectivity index (χ4n) is 2.37. The predicted molar refractivity (Wildman–Crippen MR) is 95.8 cm³/mol. The molecule has 26 heavy (non-hydrogen) atoms. The number of non-ortho nitro benzene ring substituents is 1. The lowest BCUT2D eigenvalue weighted by Gasteiger charge is -2.04. The van der Waals surface area contributed by atoms with Crippen LogP contribution in [-0.2, 0) is 9.63 Å². The predicted octanol–water partition coefficient (Wildman–Crippen LogP) is 3.50. The average molecular weight is 350 g/mol. The van der Waals surface area contributed by atoms with Crippen molar-refractivity contribution in [2.24, 2.45) is 5.16 Å². The van der Waals surface area contributed by atoms with Crippen LogP contribution >= 0.6 is 0 Å². The normalized spacial score (nSPS) is 14.7. The van der Waals surface area contributed by atoms with Crippen LogP contribution in [-0.4, -0.2) is 23.2 Å². The molecule has 7 nitrogen and oxygen atoms in total. The highest BCUT2D eigenvalue weighted by molar-refractivity contribution is 6.31. The second-order valence-corrected chi connectivity index (χ2v) is 5.35. The first kappa shape index (κ1) is 17.1. The van der Waals surface area contributed by atoms with Gasteiger partial charge in [-0.15, -0.1) is 0 Å². The Morgan fingerprint density at radius 3 is 2.69 bits per heavy atom. The largest absolute Gasteiger partial charge is 0.490 e. The van der Waals surface area contributed by atoms with Crippen molar-refractivity contribution in [1.29, 1.82) is 0 Å². The Morgan fingerprint density at radius 1 is 1.23 bits per heavy atom. The van der Waals surface area contributed by atoms with Gasteiger partial charge >= 0.3 is 5.97 Å². The monoisotopic (exact) mass is 350 g/mol. The van der Waals surface area contributed by atoms with Crippen LogP contribution in [0, 0.1) is 10.1 Å². The minimum absolute atomic E-state index is 0.0902.